The van der Waals surface area contributed by atoms with Crippen LogP contribution in [-0.2, 0) is 0 Å². The van der Waals surface area contributed by atoms with Crippen LogP contribution in [-0.4, -0.2) is 11.8 Å². The van der Waals surface area contributed by atoms with E-state index in [1.165, 1.54) is 18.2 Å². The van der Waals surface area contributed by atoms with Crippen LogP contribution in [0.3, 0.4) is 0 Å². The van der Waals surface area contributed by atoms with Crippen molar-refractivity contribution in [1.29, 1.82) is 0 Å². The molecule has 0 bridgehead atoms. The Balaban J connectivity index is 1.91. The van der Waals surface area contributed by atoms with E-state index < -0.39 is 5.91 Å². The first-order valence-electron chi connectivity index (χ1n) is 6.94. The van der Waals surface area contributed by atoms with Gasteiger partial charge >= 0.3 is 0 Å². The van der Waals surface area contributed by atoms with Crippen LogP contribution < -0.4 is 11.1 Å². The number of hydrogen-bond donors (Lipinski definition) is 2. The van der Waals surface area contributed by atoms with E-state index >= 15 is 0 Å². The summed E-state index contributed by atoms with van der Waals surface area (Å²) in [7, 11) is 0. The van der Waals surface area contributed by atoms with E-state index in [2.05, 4.69) is 5.32 Å². The zero-order valence-corrected chi connectivity index (χ0v) is 12.8. The molecular weight excluding hydrogens is 312 g/mol. The highest BCUT2D eigenvalue weighted by atomic mass is 35.5. The van der Waals surface area contributed by atoms with Crippen molar-refractivity contribution < 1.29 is 9.59 Å². The third kappa shape index (κ3) is 3.17. The SMILES string of the molecule is NC(=O)c1ccc(Cl)c(NC(=O)c2ccc3ccccc3c2)c1. The van der Waals surface area contributed by atoms with Crippen LogP contribution in [0.4, 0.5) is 5.69 Å². The van der Waals surface area contributed by atoms with Gasteiger partial charge in [0.15, 0.2) is 0 Å². The van der Waals surface area contributed by atoms with Gasteiger partial charge in [0.05, 0.1) is 10.7 Å². The van der Waals surface area contributed by atoms with E-state index in [1.807, 2.05) is 30.3 Å². The number of anilines is 1. The molecule has 4 nitrogen and oxygen atoms in total. The topological polar surface area (TPSA) is 72.2 Å². The van der Waals surface area contributed by atoms with E-state index in [0.29, 0.717) is 16.3 Å². The minimum atomic E-state index is -0.581. The molecule has 0 saturated heterocycles. The van der Waals surface area contributed by atoms with Gasteiger partial charge in [0, 0.05) is 11.1 Å². The summed E-state index contributed by atoms with van der Waals surface area (Å²) in [4.78, 5) is 23.6. The van der Waals surface area contributed by atoms with Gasteiger partial charge in [-0.05, 0) is 41.1 Å². The monoisotopic (exact) mass is 324 g/mol. The second kappa shape index (κ2) is 6.10. The zero-order chi connectivity index (χ0) is 16.4. The standard InChI is InChI=1S/C18H13ClN2O2/c19-15-8-7-13(17(20)22)10-16(15)21-18(23)14-6-5-11-3-1-2-4-12(11)9-14/h1-10H,(H2,20,22)(H,21,23). The maximum Gasteiger partial charge on any atom is 0.255 e. The van der Waals surface area contributed by atoms with Gasteiger partial charge in [0.2, 0.25) is 5.91 Å². The third-order valence-electron chi connectivity index (χ3n) is 3.51. The molecule has 0 aliphatic carbocycles. The second-order valence-electron chi connectivity index (χ2n) is 5.07. The molecule has 0 spiro atoms. The number of nitrogens with one attached hydrogen (secondary N) is 1. The number of carbonyl (C=O) groups excluding carboxylic acids is 2. The lowest BCUT2D eigenvalue weighted by molar-refractivity contribution is 0.0996. The minimum Gasteiger partial charge on any atom is -0.366 e. The molecule has 0 atom stereocenters. The Morgan fingerprint density at radius 3 is 2.30 bits per heavy atom. The van der Waals surface area contributed by atoms with Gasteiger partial charge < -0.3 is 11.1 Å². The summed E-state index contributed by atoms with van der Waals surface area (Å²) < 4.78 is 0. The normalized spacial score (nSPS) is 10.5. The summed E-state index contributed by atoms with van der Waals surface area (Å²) in [5.74, 6) is -0.887. The Bertz CT molecular complexity index is 922. The number of fused-ring (bicyclic) bond motifs is 1. The van der Waals surface area contributed by atoms with Crippen molar-refractivity contribution in [2.45, 2.75) is 0 Å². The lowest BCUT2D eigenvalue weighted by Gasteiger charge is -2.09. The highest BCUT2D eigenvalue weighted by Crippen LogP contribution is 2.24. The average Bonchev–Trinajstić information content (AvgIpc) is 2.56. The zero-order valence-electron chi connectivity index (χ0n) is 12.0. The van der Waals surface area contributed by atoms with Crippen LogP contribution in [0.1, 0.15) is 20.7 Å². The summed E-state index contributed by atoms with van der Waals surface area (Å²) in [6.45, 7) is 0. The Morgan fingerprint density at radius 2 is 1.57 bits per heavy atom. The molecule has 3 aromatic carbocycles. The van der Waals surface area contributed by atoms with Crippen molar-refractivity contribution in [2.75, 3.05) is 5.32 Å². The summed E-state index contributed by atoms with van der Waals surface area (Å²) in [5.41, 5.74) is 6.38. The molecule has 0 radical (unpaired) electrons. The van der Waals surface area contributed by atoms with Crippen LogP contribution in [0.15, 0.2) is 60.7 Å². The highest BCUT2D eigenvalue weighted by Gasteiger charge is 2.11. The van der Waals surface area contributed by atoms with Crippen molar-refractivity contribution in [2.24, 2.45) is 5.73 Å². The molecule has 0 aromatic heterocycles. The first-order valence-corrected chi connectivity index (χ1v) is 7.32. The highest BCUT2D eigenvalue weighted by molar-refractivity contribution is 6.34. The molecule has 3 N–H and O–H groups in total. The van der Waals surface area contributed by atoms with Crippen LogP contribution >= 0.6 is 11.6 Å². The van der Waals surface area contributed by atoms with Crippen molar-refractivity contribution in [1.82, 2.24) is 0 Å². The first-order chi connectivity index (χ1) is 11.0. The number of halogens is 1. The predicted octanol–water partition coefficient (Wildman–Crippen LogP) is 3.84. The predicted molar refractivity (Wildman–Crippen MR) is 91.9 cm³/mol. The minimum absolute atomic E-state index is 0.281. The fourth-order valence-electron chi connectivity index (χ4n) is 2.30. The molecule has 3 aromatic rings. The maximum absolute atomic E-state index is 12.4. The molecule has 3 rings (SSSR count). The van der Waals surface area contributed by atoms with Gasteiger partial charge in [-0.3, -0.25) is 9.59 Å². The molecule has 0 heterocycles. The number of primary amides is 1. The van der Waals surface area contributed by atoms with Gasteiger partial charge in [-0.15, -0.1) is 0 Å². The summed E-state index contributed by atoms with van der Waals surface area (Å²) >= 11 is 6.06. The van der Waals surface area contributed by atoms with E-state index in [0.717, 1.165) is 10.8 Å². The summed E-state index contributed by atoms with van der Waals surface area (Å²) in [6, 6.07) is 17.7. The quantitative estimate of drug-likeness (QED) is 0.768. The van der Waals surface area contributed by atoms with E-state index in [9.17, 15) is 9.59 Å². The van der Waals surface area contributed by atoms with Crippen molar-refractivity contribution in [3.05, 3.63) is 76.8 Å². The largest absolute Gasteiger partial charge is 0.366 e. The smallest absolute Gasteiger partial charge is 0.255 e. The Labute approximate surface area is 137 Å². The van der Waals surface area contributed by atoms with E-state index in [1.54, 1.807) is 12.1 Å². The number of amides is 2. The molecule has 114 valence electrons. The van der Waals surface area contributed by atoms with E-state index in [4.69, 9.17) is 17.3 Å². The lowest BCUT2D eigenvalue weighted by atomic mass is 10.1. The number of benzene rings is 3. The van der Waals surface area contributed by atoms with Crippen molar-refractivity contribution in [3.8, 4) is 0 Å². The van der Waals surface area contributed by atoms with Gasteiger partial charge in [0.1, 0.15) is 0 Å². The third-order valence-corrected chi connectivity index (χ3v) is 3.84. The van der Waals surface area contributed by atoms with Crippen molar-refractivity contribution >= 4 is 39.9 Å². The average molecular weight is 325 g/mol. The van der Waals surface area contributed by atoms with Gasteiger partial charge in [-0.25, -0.2) is 0 Å². The second-order valence-corrected chi connectivity index (χ2v) is 5.48. The van der Waals surface area contributed by atoms with Crippen LogP contribution in [0.5, 0.6) is 0 Å². The fourth-order valence-corrected chi connectivity index (χ4v) is 2.46. The van der Waals surface area contributed by atoms with Crippen LogP contribution in [0.2, 0.25) is 5.02 Å². The molecule has 5 heteroatoms. The number of nitrogens with two attached hydrogens (primary N) is 1. The molecule has 23 heavy (non-hydrogen) atoms. The molecule has 0 fully saturated rings. The first kappa shape index (κ1) is 15.1. The van der Waals surface area contributed by atoms with Crippen molar-refractivity contribution in [3.63, 3.8) is 0 Å². The lowest BCUT2D eigenvalue weighted by Crippen LogP contribution is -2.14. The Morgan fingerprint density at radius 1 is 0.870 bits per heavy atom. The number of rotatable bonds is 3. The molecule has 2 amide bonds. The molecule has 0 aliphatic rings. The fraction of sp³-hybridized carbons (Fsp3) is 0. The molecular formula is C18H13ClN2O2. The summed E-state index contributed by atoms with van der Waals surface area (Å²) in [5, 5.41) is 5.07. The van der Waals surface area contributed by atoms with Gasteiger partial charge in [-0.2, -0.15) is 0 Å². The maximum atomic E-state index is 12.4. The van der Waals surface area contributed by atoms with Gasteiger partial charge in [0.25, 0.3) is 5.91 Å². The Hall–Kier alpha value is -2.85. The molecule has 0 unspecified atom stereocenters. The van der Waals surface area contributed by atoms with Gasteiger partial charge in [-0.1, -0.05) is 41.9 Å². The number of hydrogen-bond acceptors (Lipinski definition) is 2. The van der Waals surface area contributed by atoms with Crippen LogP contribution in [0.25, 0.3) is 10.8 Å². The van der Waals surface area contributed by atoms with Crippen LogP contribution in [0, 0.1) is 0 Å². The molecule has 0 saturated carbocycles. The van der Waals surface area contributed by atoms with E-state index in [-0.39, 0.29) is 11.5 Å². The number of carbonyl (C=O) groups is 2. The summed E-state index contributed by atoms with van der Waals surface area (Å²) in [6.07, 6.45) is 0. The molecule has 0 aliphatic heterocycles. The Kier molecular flexibility index (Phi) is 4.00.